The van der Waals surface area contributed by atoms with Gasteiger partial charge in [-0.2, -0.15) is 9.41 Å². The highest BCUT2D eigenvalue weighted by Gasteiger charge is 2.26. The number of nitrogens with one attached hydrogen (secondary N) is 2. The maximum absolute atomic E-state index is 13.4. The molecule has 3 rings (SSSR count). The molecule has 10 heteroatoms. The molecule has 0 bridgehead atoms. The summed E-state index contributed by atoms with van der Waals surface area (Å²) in [6, 6.07) is 22.6. The van der Waals surface area contributed by atoms with Gasteiger partial charge in [-0.25, -0.2) is 13.8 Å². The van der Waals surface area contributed by atoms with Crippen LogP contribution in [0.5, 0.6) is 0 Å². The fourth-order valence-corrected chi connectivity index (χ4v) is 4.83. The first-order chi connectivity index (χ1) is 16.7. The molecule has 0 spiro atoms. The molecule has 2 N–H and O–H groups in total. The Morgan fingerprint density at radius 1 is 0.971 bits per heavy atom. The summed E-state index contributed by atoms with van der Waals surface area (Å²) in [7, 11) is -3.99. The summed E-state index contributed by atoms with van der Waals surface area (Å²) in [5.74, 6) is -0.824. The van der Waals surface area contributed by atoms with Crippen molar-refractivity contribution in [1.29, 1.82) is 0 Å². The van der Waals surface area contributed by atoms with Crippen molar-refractivity contribution < 1.29 is 18.0 Å². The Morgan fingerprint density at radius 2 is 1.63 bits per heavy atom. The Morgan fingerprint density at radius 3 is 2.26 bits per heavy atom. The van der Waals surface area contributed by atoms with Crippen molar-refractivity contribution in [3.8, 4) is 0 Å². The molecule has 0 fully saturated rings. The molecule has 2 amide bonds. The second kappa shape index (κ2) is 12.4. The summed E-state index contributed by atoms with van der Waals surface area (Å²) in [5, 5.41) is 6.54. The van der Waals surface area contributed by atoms with Gasteiger partial charge in [0, 0.05) is 23.6 Å². The normalized spacial score (nSPS) is 11.5. The zero-order valence-electron chi connectivity index (χ0n) is 19.0. The van der Waals surface area contributed by atoms with Crippen LogP contribution >= 0.6 is 15.9 Å². The van der Waals surface area contributed by atoms with E-state index >= 15 is 0 Å². The molecule has 0 atom stereocenters. The van der Waals surface area contributed by atoms with Crippen molar-refractivity contribution in [1.82, 2.24) is 9.73 Å². The predicted octanol–water partition coefficient (Wildman–Crippen LogP) is 3.79. The molecular weight excluding hydrogens is 532 g/mol. The van der Waals surface area contributed by atoms with E-state index in [1.807, 2.05) is 54.6 Å². The van der Waals surface area contributed by atoms with E-state index in [4.69, 9.17) is 0 Å². The van der Waals surface area contributed by atoms with Crippen LogP contribution in [0.2, 0.25) is 0 Å². The lowest BCUT2D eigenvalue weighted by molar-refractivity contribution is -0.121. The number of benzene rings is 3. The molecule has 0 aliphatic heterocycles. The second-order valence-electron chi connectivity index (χ2n) is 7.62. The topological polar surface area (TPSA) is 108 Å². The summed E-state index contributed by atoms with van der Waals surface area (Å²) >= 11 is 3.35. The third kappa shape index (κ3) is 8.13. The van der Waals surface area contributed by atoms with Crippen molar-refractivity contribution in [2.45, 2.75) is 18.2 Å². The van der Waals surface area contributed by atoms with Crippen LogP contribution in [-0.2, 0) is 26.0 Å². The molecule has 0 aliphatic rings. The third-order valence-electron chi connectivity index (χ3n) is 4.90. The third-order valence-corrected chi connectivity index (χ3v) is 7.29. The Bertz CT molecular complexity index is 1280. The molecule has 3 aromatic carbocycles. The number of amides is 2. The minimum Gasteiger partial charge on any atom is -0.326 e. The molecule has 0 aliphatic carbocycles. The molecule has 0 heterocycles. The molecule has 0 aromatic heterocycles. The number of carbonyl (C=O) groups is 2. The standard InChI is InChI=1S/C25H25BrN4O4S/c1-19(31)28-23-11-13-24(14-12-23)35(33,34)30(16-15-20-5-3-2-4-6-20)18-25(32)29-27-17-21-7-9-22(26)10-8-21/h2-14,17H,15-16,18H2,1H3,(H,28,31)(H,29,32)/b27-17-. The van der Waals surface area contributed by atoms with Gasteiger partial charge in [0.05, 0.1) is 17.7 Å². The van der Waals surface area contributed by atoms with E-state index in [1.165, 1.54) is 37.4 Å². The van der Waals surface area contributed by atoms with Crippen molar-refractivity contribution >= 4 is 49.7 Å². The lowest BCUT2D eigenvalue weighted by atomic mass is 10.1. The predicted molar refractivity (Wildman–Crippen MR) is 140 cm³/mol. The van der Waals surface area contributed by atoms with Crippen LogP contribution in [0.1, 0.15) is 18.1 Å². The minimum atomic E-state index is -3.99. The molecule has 0 unspecified atom stereocenters. The molecule has 3 aromatic rings. The van der Waals surface area contributed by atoms with Gasteiger partial charge in [-0.1, -0.05) is 58.4 Å². The molecular formula is C25H25BrN4O4S. The average Bonchev–Trinajstić information content (AvgIpc) is 2.83. The fraction of sp³-hybridized carbons (Fsp3) is 0.160. The van der Waals surface area contributed by atoms with E-state index in [0.29, 0.717) is 12.1 Å². The van der Waals surface area contributed by atoms with Crippen LogP contribution in [0.3, 0.4) is 0 Å². The molecule has 0 radical (unpaired) electrons. The lowest BCUT2D eigenvalue weighted by Gasteiger charge is -2.21. The van der Waals surface area contributed by atoms with Gasteiger partial charge < -0.3 is 5.32 Å². The molecule has 182 valence electrons. The number of halogens is 1. The van der Waals surface area contributed by atoms with Crippen LogP contribution < -0.4 is 10.7 Å². The van der Waals surface area contributed by atoms with Gasteiger partial charge in [-0.05, 0) is 53.9 Å². The highest BCUT2D eigenvalue weighted by molar-refractivity contribution is 9.10. The second-order valence-corrected chi connectivity index (χ2v) is 10.5. The summed E-state index contributed by atoms with van der Waals surface area (Å²) in [6.07, 6.45) is 1.91. The van der Waals surface area contributed by atoms with E-state index in [-0.39, 0.29) is 17.3 Å². The Balaban J connectivity index is 1.74. The van der Waals surface area contributed by atoms with Crippen molar-refractivity contribution in [3.63, 3.8) is 0 Å². The number of carbonyl (C=O) groups excluding carboxylic acids is 2. The van der Waals surface area contributed by atoms with Gasteiger partial charge in [0.15, 0.2) is 0 Å². The zero-order valence-corrected chi connectivity index (χ0v) is 21.4. The van der Waals surface area contributed by atoms with Gasteiger partial charge in [0.25, 0.3) is 5.91 Å². The highest BCUT2D eigenvalue weighted by Crippen LogP contribution is 2.19. The van der Waals surface area contributed by atoms with Gasteiger partial charge >= 0.3 is 0 Å². The van der Waals surface area contributed by atoms with Crippen molar-refractivity contribution in [2.75, 3.05) is 18.4 Å². The summed E-state index contributed by atoms with van der Waals surface area (Å²) in [5.41, 5.74) is 4.60. The number of hydrogen-bond acceptors (Lipinski definition) is 5. The van der Waals surface area contributed by atoms with Crippen LogP contribution in [-0.4, -0.2) is 43.8 Å². The summed E-state index contributed by atoms with van der Waals surface area (Å²) < 4.78 is 28.8. The van der Waals surface area contributed by atoms with Crippen molar-refractivity contribution in [3.05, 3.63) is 94.5 Å². The first-order valence-electron chi connectivity index (χ1n) is 10.7. The zero-order chi connectivity index (χ0) is 25.3. The summed E-state index contributed by atoms with van der Waals surface area (Å²) in [6.45, 7) is 1.07. The van der Waals surface area contributed by atoms with Crippen LogP contribution in [0.15, 0.2) is 93.3 Å². The van der Waals surface area contributed by atoms with Crippen molar-refractivity contribution in [2.24, 2.45) is 5.10 Å². The van der Waals surface area contributed by atoms with E-state index in [2.05, 4.69) is 31.8 Å². The fourth-order valence-electron chi connectivity index (χ4n) is 3.17. The first-order valence-corrected chi connectivity index (χ1v) is 13.0. The molecule has 0 saturated heterocycles. The number of sulfonamides is 1. The van der Waals surface area contributed by atoms with Gasteiger partial charge in [0.2, 0.25) is 15.9 Å². The Kier molecular flexibility index (Phi) is 9.30. The maximum atomic E-state index is 13.4. The summed E-state index contributed by atoms with van der Waals surface area (Å²) in [4.78, 5) is 23.8. The first kappa shape index (κ1) is 26.3. The Hall–Kier alpha value is -3.34. The van der Waals surface area contributed by atoms with Crippen LogP contribution in [0.25, 0.3) is 0 Å². The van der Waals surface area contributed by atoms with E-state index in [9.17, 15) is 18.0 Å². The van der Waals surface area contributed by atoms with E-state index < -0.39 is 22.5 Å². The van der Waals surface area contributed by atoms with Gasteiger partial charge in [0.1, 0.15) is 0 Å². The number of hydrogen-bond donors (Lipinski definition) is 2. The van der Waals surface area contributed by atoms with Gasteiger partial charge in [-0.3, -0.25) is 9.59 Å². The minimum absolute atomic E-state index is 0.0193. The van der Waals surface area contributed by atoms with Crippen LogP contribution in [0, 0.1) is 0 Å². The largest absolute Gasteiger partial charge is 0.326 e. The number of anilines is 1. The maximum Gasteiger partial charge on any atom is 0.255 e. The van der Waals surface area contributed by atoms with E-state index in [1.54, 1.807) is 0 Å². The smallest absolute Gasteiger partial charge is 0.255 e. The quantitative estimate of drug-likeness (QED) is 0.292. The highest BCUT2D eigenvalue weighted by atomic mass is 79.9. The van der Waals surface area contributed by atoms with Gasteiger partial charge in [-0.15, -0.1) is 0 Å². The number of hydrazone groups is 1. The van der Waals surface area contributed by atoms with Crippen LogP contribution in [0.4, 0.5) is 5.69 Å². The lowest BCUT2D eigenvalue weighted by Crippen LogP contribution is -2.40. The molecule has 35 heavy (non-hydrogen) atoms. The number of rotatable bonds is 10. The van der Waals surface area contributed by atoms with E-state index in [0.717, 1.165) is 19.9 Å². The molecule has 0 saturated carbocycles. The SMILES string of the molecule is CC(=O)Nc1ccc(S(=O)(=O)N(CCc2ccccc2)CC(=O)N/N=C\c2ccc(Br)cc2)cc1. The Labute approximate surface area is 213 Å². The average molecular weight is 557 g/mol. The number of nitrogens with zero attached hydrogens (tertiary/aromatic N) is 2. The monoisotopic (exact) mass is 556 g/mol. The molecule has 8 nitrogen and oxygen atoms in total.